The van der Waals surface area contributed by atoms with E-state index in [1.54, 1.807) is 12.1 Å². The van der Waals surface area contributed by atoms with Gasteiger partial charge in [0.1, 0.15) is 5.75 Å². The number of carbonyl (C=O) groups excluding carboxylic acids is 1. The minimum Gasteiger partial charge on any atom is -0.493 e. The number of rotatable bonds is 7. The van der Waals surface area contributed by atoms with Crippen LogP contribution in [0, 0.1) is 5.92 Å². The van der Waals surface area contributed by atoms with Crippen molar-refractivity contribution in [3.63, 3.8) is 0 Å². The summed E-state index contributed by atoms with van der Waals surface area (Å²) in [5, 5.41) is 2.89. The molecule has 1 aliphatic rings. The number of anilines is 2. The number of sulfonamides is 1. The Balaban J connectivity index is 1.65. The van der Waals surface area contributed by atoms with Crippen LogP contribution in [0.3, 0.4) is 0 Å². The summed E-state index contributed by atoms with van der Waals surface area (Å²) in [6.45, 7) is 2.02. The summed E-state index contributed by atoms with van der Waals surface area (Å²) in [6.07, 6.45) is 6.20. The van der Waals surface area contributed by atoms with E-state index >= 15 is 0 Å². The minimum atomic E-state index is -3.78. The standard InChI is InChI=1S/C21H25ClN2O4S/c1-15(25)23-21-13-17(7-12-20(21)22)24-29(26,27)19-10-8-18(9-11-19)28-14-16-5-3-2-4-6-16/h7-13,16,24H,2-6,14H2,1H3,(H,23,25). The molecule has 0 radical (unpaired) electrons. The van der Waals surface area contributed by atoms with Gasteiger partial charge in [-0.15, -0.1) is 0 Å². The first-order chi connectivity index (χ1) is 13.8. The van der Waals surface area contributed by atoms with Crippen molar-refractivity contribution < 1.29 is 17.9 Å². The van der Waals surface area contributed by atoms with Gasteiger partial charge in [-0.25, -0.2) is 8.42 Å². The summed E-state index contributed by atoms with van der Waals surface area (Å²) in [6, 6.07) is 10.9. The van der Waals surface area contributed by atoms with Crippen LogP contribution in [0.25, 0.3) is 0 Å². The summed E-state index contributed by atoms with van der Waals surface area (Å²) in [5.74, 6) is 0.946. The van der Waals surface area contributed by atoms with E-state index in [0.29, 0.717) is 34.7 Å². The quantitative estimate of drug-likeness (QED) is 0.635. The third kappa shape index (κ3) is 6.11. The monoisotopic (exact) mass is 436 g/mol. The lowest BCUT2D eigenvalue weighted by Gasteiger charge is -2.21. The van der Waals surface area contributed by atoms with Crippen LogP contribution in [0.2, 0.25) is 5.02 Å². The Labute approximate surface area is 176 Å². The van der Waals surface area contributed by atoms with Crippen molar-refractivity contribution in [3.8, 4) is 5.75 Å². The highest BCUT2D eigenvalue weighted by Crippen LogP contribution is 2.28. The molecule has 1 fully saturated rings. The fourth-order valence-corrected chi connectivity index (χ4v) is 4.59. The van der Waals surface area contributed by atoms with Crippen molar-refractivity contribution >= 4 is 38.9 Å². The van der Waals surface area contributed by atoms with E-state index in [1.165, 1.54) is 69.4 Å². The van der Waals surface area contributed by atoms with Crippen LogP contribution in [-0.4, -0.2) is 20.9 Å². The largest absolute Gasteiger partial charge is 0.493 e. The molecule has 0 aromatic heterocycles. The molecule has 0 spiro atoms. The molecular formula is C21H25ClN2O4S. The van der Waals surface area contributed by atoms with E-state index in [0.717, 1.165) is 0 Å². The van der Waals surface area contributed by atoms with E-state index < -0.39 is 10.0 Å². The molecular weight excluding hydrogens is 412 g/mol. The van der Waals surface area contributed by atoms with Crippen LogP contribution >= 0.6 is 11.6 Å². The number of carbonyl (C=O) groups is 1. The average Bonchev–Trinajstić information content (AvgIpc) is 2.69. The van der Waals surface area contributed by atoms with E-state index in [4.69, 9.17) is 16.3 Å². The summed E-state index contributed by atoms with van der Waals surface area (Å²) >= 11 is 6.03. The van der Waals surface area contributed by atoms with E-state index in [2.05, 4.69) is 10.0 Å². The maximum Gasteiger partial charge on any atom is 0.261 e. The lowest BCUT2D eigenvalue weighted by Crippen LogP contribution is -2.15. The van der Waals surface area contributed by atoms with Crippen LogP contribution in [0.5, 0.6) is 5.75 Å². The van der Waals surface area contributed by atoms with E-state index in [-0.39, 0.29) is 10.8 Å². The SMILES string of the molecule is CC(=O)Nc1cc(NS(=O)(=O)c2ccc(OCC3CCCCC3)cc2)ccc1Cl. The third-order valence-electron chi connectivity index (χ3n) is 4.87. The molecule has 156 valence electrons. The van der Waals surface area contributed by atoms with Gasteiger partial charge in [0.25, 0.3) is 10.0 Å². The summed E-state index contributed by atoms with van der Waals surface area (Å²) in [5.41, 5.74) is 0.640. The molecule has 1 saturated carbocycles. The summed E-state index contributed by atoms with van der Waals surface area (Å²) < 4.78 is 33.7. The lowest BCUT2D eigenvalue weighted by atomic mass is 9.90. The Morgan fingerprint density at radius 2 is 1.79 bits per heavy atom. The molecule has 0 unspecified atom stereocenters. The molecule has 2 aromatic carbocycles. The number of hydrogen-bond donors (Lipinski definition) is 2. The van der Waals surface area contributed by atoms with E-state index in [9.17, 15) is 13.2 Å². The van der Waals surface area contributed by atoms with Gasteiger partial charge in [0.2, 0.25) is 5.91 Å². The Morgan fingerprint density at radius 3 is 2.45 bits per heavy atom. The van der Waals surface area contributed by atoms with Crippen LogP contribution in [0.1, 0.15) is 39.0 Å². The van der Waals surface area contributed by atoms with Gasteiger partial charge in [-0.05, 0) is 61.2 Å². The van der Waals surface area contributed by atoms with Gasteiger partial charge < -0.3 is 10.1 Å². The molecule has 0 aliphatic heterocycles. The van der Waals surface area contributed by atoms with Crippen molar-refractivity contribution in [1.29, 1.82) is 0 Å². The van der Waals surface area contributed by atoms with Gasteiger partial charge in [-0.1, -0.05) is 30.9 Å². The first kappa shape index (κ1) is 21.5. The predicted molar refractivity (Wildman–Crippen MR) is 115 cm³/mol. The Hall–Kier alpha value is -2.25. The van der Waals surface area contributed by atoms with Gasteiger partial charge in [0.05, 0.1) is 27.9 Å². The first-order valence-electron chi connectivity index (χ1n) is 9.66. The number of benzene rings is 2. The summed E-state index contributed by atoms with van der Waals surface area (Å²) in [4.78, 5) is 11.4. The van der Waals surface area contributed by atoms with Gasteiger partial charge in [-0.2, -0.15) is 0 Å². The third-order valence-corrected chi connectivity index (χ3v) is 6.60. The molecule has 0 atom stereocenters. The van der Waals surface area contributed by atoms with Gasteiger partial charge in [0, 0.05) is 6.92 Å². The molecule has 0 saturated heterocycles. The first-order valence-corrected chi connectivity index (χ1v) is 11.5. The van der Waals surface area contributed by atoms with Gasteiger partial charge >= 0.3 is 0 Å². The minimum absolute atomic E-state index is 0.124. The van der Waals surface area contributed by atoms with Gasteiger partial charge in [-0.3, -0.25) is 9.52 Å². The lowest BCUT2D eigenvalue weighted by molar-refractivity contribution is -0.114. The van der Waals surface area contributed by atoms with Gasteiger partial charge in [0.15, 0.2) is 0 Å². The fourth-order valence-electron chi connectivity index (χ4n) is 3.37. The second-order valence-electron chi connectivity index (χ2n) is 7.27. The molecule has 1 amide bonds. The highest BCUT2D eigenvalue weighted by Gasteiger charge is 2.17. The zero-order valence-electron chi connectivity index (χ0n) is 16.3. The fraction of sp³-hybridized carbons (Fsp3) is 0.381. The molecule has 1 aliphatic carbocycles. The Kier molecular flexibility index (Phi) is 7.03. The molecule has 29 heavy (non-hydrogen) atoms. The molecule has 0 heterocycles. The smallest absolute Gasteiger partial charge is 0.261 e. The van der Waals surface area contributed by atoms with E-state index in [1.807, 2.05) is 0 Å². The highest BCUT2D eigenvalue weighted by molar-refractivity contribution is 7.92. The molecule has 0 bridgehead atoms. The van der Waals surface area contributed by atoms with Crippen LogP contribution in [0.15, 0.2) is 47.4 Å². The van der Waals surface area contributed by atoms with Crippen molar-refractivity contribution in [2.45, 2.75) is 43.9 Å². The van der Waals surface area contributed by atoms with Crippen LogP contribution < -0.4 is 14.8 Å². The van der Waals surface area contributed by atoms with Crippen LogP contribution in [-0.2, 0) is 14.8 Å². The molecule has 2 aromatic rings. The Morgan fingerprint density at radius 1 is 1.10 bits per heavy atom. The number of nitrogens with one attached hydrogen (secondary N) is 2. The number of amides is 1. The van der Waals surface area contributed by atoms with Crippen molar-refractivity contribution in [1.82, 2.24) is 0 Å². The molecule has 6 nitrogen and oxygen atoms in total. The Bertz CT molecular complexity index is 955. The molecule has 2 N–H and O–H groups in total. The van der Waals surface area contributed by atoms with Crippen molar-refractivity contribution in [2.24, 2.45) is 5.92 Å². The maximum atomic E-state index is 12.7. The zero-order valence-corrected chi connectivity index (χ0v) is 17.9. The van der Waals surface area contributed by atoms with Crippen molar-refractivity contribution in [3.05, 3.63) is 47.5 Å². The highest BCUT2D eigenvalue weighted by atomic mass is 35.5. The van der Waals surface area contributed by atoms with Crippen LogP contribution in [0.4, 0.5) is 11.4 Å². The second-order valence-corrected chi connectivity index (χ2v) is 9.36. The number of ether oxygens (including phenoxy) is 1. The van der Waals surface area contributed by atoms with Crippen molar-refractivity contribution in [2.75, 3.05) is 16.6 Å². The number of halogens is 1. The summed E-state index contributed by atoms with van der Waals surface area (Å²) in [7, 11) is -3.78. The molecule has 8 heteroatoms. The predicted octanol–water partition coefficient (Wildman–Crippen LogP) is 5.06. The zero-order chi connectivity index (χ0) is 20.9. The maximum absolute atomic E-state index is 12.7. The number of hydrogen-bond acceptors (Lipinski definition) is 4. The topological polar surface area (TPSA) is 84.5 Å². The average molecular weight is 437 g/mol. The second kappa shape index (κ2) is 9.50. The molecule has 3 rings (SSSR count). The normalized spacial score (nSPS) is 15.0.